The first-order valence-electron chi connectivity index (χ1n) is 8.56. The molecule has 144 valence electrons. The number of likely N-dealkylation sites (tertiary alicyclic amines) is 1. The number of fused-ring (bicyclic) bond motifs is 1. The van der Waals surface area contributed by atoms with Gasteiger partial charge in [0, 0.05) is 24.2 Å². The van der Waals surface area contributed by atoms with Crippen molar-refractivity contribution in [2.45, 2.75) is 25.6 Å². The number of carbonyl (C=O) groups excluding carboxylic acids is 1. The van der Waals surface area contributed by atoms with Crippen molar-refractivity contribution in [3.8, 4) is 5.75 Å². The zero-order valence-electron chi connectivity index (χ0n) is 14.7. The van der Waals surface area contributed by atoms with Gasteiger partial charge in [-0.2, -0.15) is 0 Å². The third kappa shape index (κ3) is 3.33. The molecule has 1 saturated heterocycles. The van der Waals surface area contributed by atoms with Crippen LogP contribution in [0.3, 0.4) is 0 Å². The van der Waals surface area contributed by atoms with Crippen LogP contribution in [0.15, 0.2) is 35.0 Å². The van der Waals surface area contributed by atoms with Crippen LogP contribution in [0.5, 0.6) is 5.75 Å². The van der Waals surface area contributed by atoms with Crippen LogP contribution in [0.2, 0.25) is 0 Å². The highest BCUT2D eigenvalue weighted by Crippen LogP contribution is 2.36. The minimum atomic E-state index is -2.81. The molecule has 0 saturated carbocycles. The Morgan fingerprint density at radius 2 is 2.30 bits per heavy atom. The molecule has 1 fully saturated rings. The number of hydrazine groups is 1. The van der Waals surface area contributed by atoms with E-state index in [1.54, 1.807) is 18.2 Å². The zero-order valence-corrected chi connectivity index (χ0v) is 14.7. The zero-order chi connectivity index (χ0) is 19.2. The molecule has 1 atom stereocenters. The van der Waals surface area contributed by atoms with Gasteiger partial charge in [-0.05, 0) is 31.2 Å². The average Bonchev–Trinajstić information content (AvgIpc) is 3.22. The molecular weight excluding hydrogens is 358 g/mol. The first-order valence-corrected chi connectivity index (χ1v) is 8.56. The number of nitrogens with two attached hydrogens (primary N) is 1. The molecule has 0 aromatic heterocycles. The summed E-state index contributed by atoms with van der Waals surface area (Å²) in [5.41, 5.74) is 4.52. The average molecular weight is 378 g/mol. The highest BCUT2D eigenvalue weighted by atomic mass is 19.3. The molecule has 1 amide bonds. The van der Waals surface area contributed by atoms with Gasteiger partial charge in [-0.25, -0.2) is 19.2 Å². The number of halogens is 2. The number of ether oxygens (including phenoxy) is 1. The van der Waals surface area contributed by atoms with E-state index in [-0.39, 0.29) is 19.7 Å². The van der Waals surface area contributed by atoms with Crippen molar-refractivity contribution in [2.75, 3.05) is 24.7 Å². The normalized spacial score (nSPS) is 23.3. The second-order valence-electron chi connectivity index (χ2n) is 6.74. The number of carbonyl (C=O) groups is 1. The topological polar surface area (TPSA) is 95.2 Å². The molecule has 0 radical (unpaired) electrons. The quantitative estimate of drug-likeness (QED) is 0.525. The van der Waals surface area contributed by atoms with Crippen LogP contribution < -0.4 is 26.2 Å². The summed E-state index contributed by atoms with van der Waals surface area (Å²) in [6.07, 6.45) is 1.10. The van der Waals surface area contributed by atoms with Crippen molar-refractivity contribution < 1.29 is 18.3 Å². The first kappa shape index (κ1) is 17.7. The number of amidine groups is 1. The number of allylic oxidation sites excluding steroid dienone is 1. The van der Waals surface area contributed by atoms with Crippen molar-refractivity contribution in [3.05, 3.63) is 35.5 Å². The maximum absolute atomic E-state index is 13.4. The lowest BCUT2D eigenvalue weighted by Crippen LogP contribution is -2.48. The van der Waals surface area contributed by atoms with Gasteiger partial charge >= 0.3 is 0 Å². The molecule has 0 spiro atoms. The van der Waals surface area contributed by atoms with Gasteiger partial charge < -0.3 is 15.0 Å². The summed E-state index contributed by atoms with van der Waals surface area (Å²) in [5, 5.41) is 3.06. The Morgan fingerprint density at radius 3 is 3.00 bits per heavy atom. The van der Waals surface area contributed by atoms with Crippen LogP contribution in [0.25, 0.3) is 0 Å². The first-order chi connectivity index (χ1) is 12.9. The van der Waals surface area contributed by atoms with E-state index < -0.39 is 24.7 Å². The summed E-state index contributed by atoms with van der Waals surface area (Å²) in [4.78, 5) is 20.0. The summed E-state index contributed by atoms with van der Waals surface area (Å²) in [6, 6.07) is 4.95. The number of amides is 1. The van der Waals surface area contributed by atoms with Crippen molar-refractivity contribution in [1.29, 1.82) is 0 Å². The second kappa shape index (κ2) is 6.46. The van der Waals surface area contributed by atoms with Crippen molar-refractivity contribution in [3.63, 3.8) is 0 Å². The van der Waals surface area contributed by atoms with Gasteiger partial charge in [0.15, 0.2) is 13.0 Å². The van der Waals surface area contributed by atoms with Gasteiger partial charge in [0.25, 0.3) is 11.8 Å². The smallest absolute Gasteiger partial charge is 0.267 e. The fourth-order valence-electron chi connectivity index (χ4n) is 3.35. The molecule has 4 rings (SSSR count). The predicted molar refractivity (Wildman–Crippen MR) is 95.3 cm³/mol. The van der Waals surface area contributed by atoms with Crippen LogP contribution in [-0.4, -0.2) is 48.7 Å². The van der Waals surface area contributed by atoms with E-state index >= 15 is 0 Å². The molecule has 3 aliphatic rings. The van der Waals surface area contributed by atoms with Crippen LogP contribution in [-0.2, 0) is 0 Å². The molecule has 27 heavy (non-hydrogen) atoms. The summed E-state index contributed by atoms with van der Waals surface area (Å²) in [5.74, 6) is 3.40. The van der Waals surface area contributed by atoms with Crippen molar-refractivity contribution >= 4 is 17.4 Å². The number of aliphatic imine (C=N–C) groups is 1. The van der Waals surface area contributed by atoms with E-state index in [9.17, 15) is 13.6 Å². The number of nitrogens with one attached hydrogen (secondary N) is 2. The Morgan fingerprint density at radius 1 is 1.48 bits per heavy atom. The molecule has 8 nitrogen and oxygen atoms in total. The van der Waals surface area contributed by atoms with E-state index in [1.807, 2.05) is 17.9 Å². The number of hydrogen-bond donors (Lipinski definition) is 3. The third-order valence-corrected chi connectivity index (χ3v) is 4.71. The maximum atomic E-state index is 13.4. The second-order valence-corrected chi connectivity index (χ2v) is 6.74. The monoisotopic (exact) mass is 378 g/mol. The Labute approximate surface area is 154 Å². The van der Waals surface area contributed by atoms with E-state index in [1.165, 1.54) is 4.90 Å². The van der Waals surface area contributed by atoms with Crippen LogP contribution in [0.4, 0.5) is 14.5 Å². The molecular formula is C17H20F2N6O2. The molecule has 3 heterocycles. The molecule has 4 N–H and O–H groups in total. The fourth-order valence-corrected chi connectivity index (χ4v) is 3.35. The van der Waals surface area contributed by atoms with Crippen LogP contribution >= 0.6 is 0 Å². The summed E-state index contributed by atoms with van der Waals surface area (Å²) >= 11 is 0. The number of alkyl halides is 2. The number of benzene rings is 1. The van der Waals surface area contributed by atoms with Crippen LogP contribution in [0, 0.1) is 0 Å². The van der Waals surface area contributed by atoms with Gasteiger partial charge in [-0.3, -0.25) is 15.5 Å². The van der Waals surface area contributed by atoms with E-state index in [0.717, 1.165) is 11.4 Å². The highest BCUT2D eigenvalue weighted by molar-refractivity contribution is 6.08. The Balaban J connectivity index is 1.56. The molecule has 0 bridgehead atoms. The van der Waals surface area contributed by atoms with Crippen molar-refractivity contribution in [1.82, 2.24) is 15.6 Å². The van der Waals surface area contributed by atoms with E-state index in [4.69, 9.17) is 10.6 Å². The largest absolute Gasteiger partial charge is 0.470 e. The van der Waals surface area contributed by atoms with Gasteiger partial charge in [0.05, 0.1) is 12.2 Å². The third-order valence-electron chi connectivity index (χ3n) is 4.71. The predicted octanol–water partition coefficient (Wildman–Crippen LogP) is 0.977. The van der Waals surface area contributed by atoms with E-state index in [2.05, 4.69) is 15.7 Å². The fraction of sp³-hybridized carbons (Fsp3) is 0.412. The summed E-state index contributed by atoms with van der Waals surface area (Å²) in [7, 11) is 0. The van der Waals surface area contributed by atoms with Crippen molar-refractivity contribution in [2.24, 2.45) is 10.8 Å². The summed E-state index contributed by atoms with van der Waals surface area (Å²) in [6.45, 7) is 1.63. The van der Waals surface area contributed by atoms with Gasteiger partial charge in [-0.15, -0.1) is 0 Å². The molecule has 10 heteroatoms. The Bertz CT molecular complexity index is 841. The molecule has 1 aromatic carbocycles. The minimum absolute atomic E-state index is 0.0528. The van der Waals surface area contributed by atoms with Crippen LogP contribution in [0.1, 0.15) is 23.7 Å². The Kier molecular flexibility index (Phi) is 4.23. The molecule has 1 aromatic rings. The van der Waals surface area contributed by atoms with E-state index in [0.29, 0.717) is 17.1 Å². The van der Waals surface area contributed by atoms with Gasteiger partial charge in [0.1, 0.15) is 11.6 Å². The number of nitrogens with zero attached hydrogens (tertiary/aromatic N) is 3. The lowest BCUT2D eigenvalue weighted by atomic mass is 10.1. The van der Waals surface area contributed by atoms with Gasteiger partial charge in [-0.1, -0.05) is 0 Å². The standard InChI is InChI=1S/C17H20F2N6O2/c1-10-6-14(22-16(21-10)23-20)25-9-27-13-7-11(2-3-12(13)25)15(26)24-5-4-17(18,19)8-24/h2-3,6-7,16,21,23H,4-5,8-9,20H2,1H3. The molecule has 1 unspecified atom stereocenters. The SMILES string of the molecule is CC1=CC(N2COc3cc(C(=O)N4CCC(F)(F)C4)ccc32)=NC(NN)N1. The van der Waals surface area contributed by atoms with Gasteiger partial charge in [0.2, 0.25) is 0 Å². The minimum Gasteiger partial charge on any atom is -0.470 e. The highest BCUT2D eigenvalue weighted by Gasteiger charge is 2.40. The Hall–Kier alpha value is -2.72. The number of anilines is 1. The summed E-state index contributed by atoms with van der Waals surface area (Å²) < 4.78 is 32.4. The maximum Gasteiger partial charge on any atom is 0.267 e. The lowest BCUT2D eigenvalue weighted by Gasteiger charge is -2.25. The lowest BCUT2D eigenvalue weighted by molar-refractivity contribution is 0.0120. The molecule has 3 aliphatic heterocycles. The molecule has 0 aliphatic carbocycles. The number of rotatable bonds is 2. The number of hydrogen-bond acceptors (Lipinski definition) is 7.